The van der Waals surface area contributed by atoms with E-state index in [1.54, 1.807) is 0 Å². The van der Waals surface area contributed by atoms with Crippen molar-refractivity contribution in [3.8, 4) is 0 Å². The molecule has 6 nitrogen and oxygen atoms in total. The van der Waals surface area contributed by atoms with Gasteiger partial charge < -0.3 is 10.6 Å². The number of alkyl halides is 3. The molecule has 1 saturated carbocycles. The molecule has 28 heavy (non-hydrogen) atoms. The molecule has 1 aliphatic heterocycles. The monoisotopic (exact) mass is 397 g/mol. The minimum absolute atomic E-state index is 0.0117. The third-order valence-corrected chi connectivity index (χ3v) is 5.28. The molecule has 0 bridgehead atoms. The molecule has 2 fully saturated rings. The lowest BCUT2D eigenvalue weighted by Crippen LogP contribution is -2.44. The van der Waals surface area contributed by atoms with E-state index in [2.05, 4.69) is 10.6 Å². The van der Waals surface area contributed by atoms with E-state index in [9.17, 15) is 27.6 Å². The average molecular weight is 397 g/mol. The molecule has 3 rings (SSSR count). The predicted molar refractivity (Wildman–Crippen MR) is 94.2 cm³/mol. The molecule has 2 N–H and O–H groups in total. The highest BCUT2D eigenvalue weighted by Crippen LogP contribution is 2.35. The van der Waals surface area contributed by atoms with Crippen LogP contribution >= 0.6 is 0 Å². The Morgan fingerprint density at radius 1 is 1.14 bits per heavy atom. The number of nitrogens with one attached hydrogen (secondary N) is 2. The number of hydrogen-bond acceptors (Lipinski definition) is 3. The Hall–Kier alpha value is -2.58. The van der Waals surface area contributed by atoms with Crippen molar-refractivity contribution >= 4 is 17.8 Å². The first-order valence-electron chi connectivity index (χ1n) is 9.28. The molecule has 2 aliphatic rings. The van der Waals surface area contributed by atoms with Crippen molar-refractivity contribution in [1.82, 2.24) is 15.5 Å². The topological polar surface area (TPSA) is 78.5 Å². The molecule has 1 aromatic carbocycles. The highest BCUT2D eigenvalue weighted by Gasteiger charge is 2.52. The first-order valence-corrected chi connectivity index (χ1v) is 9.28. The summed E-state index contributed by atoms with van der Waals surface area (Å²) in [5.41, 5.74) is -0.824. The van der Waals surface area contributed by atoms with Crippen LogP contribution in [0.25, 0.3) is 0 Å². The summed E-state index contributed by atoms with van der Waals surface area (Å²) >= 11 is 0. The Kier molecular flexibility index (Phi) is 5.62. The number of hydrogen-bond donors (Lipinski definition) is 2. The molecule has 1 heterocycles. The van der Waals surface area contributed by atoms with Crippen molar-refractivity contribution in [2.75, 3.05) is 13.1 Å². The normalized spacial score (nSPS) is 18.6. The van der Waals surface area contributed by atoms with Crippen LogP contribution in [0.2, 0.25) is 0 Å². The first kappa shape index (κ1) is 20.2. The van der Waals surface area contributed by atoms with Crippen LogP contribution in [-0.4, -0.2) is 41.4 Å². The van der Waals surface area contributed by atoms with Gasteiger partial charge in [0.1, 0.15) is 5.54 Å². The minimum Gasteiger partial charge on any atom is -0.356 e. The van der Waals surface area contributed by atoms with Gasteiger partial charge in [-0.2, -0.15) is 13.2 Å². The molecule has 152 valence electrons. The van der Waals surface area contributed by atoms with E-state index in [1.807, 2.05) is 0 Å². The highest BCUT2D eigenvalue weighted by atomic mass is 19.4. The zero-order valence-corrected chi connectivity index (χ0v) is 15.3. The van der Waals surface area contributed by atoms with Crippen LogP contribution in [0.3, 0.4) is 0 Å². The first-order chi connectivity index (χ1) is 13.2. The van der Waals surface area contributed by atoms with E-state index in [0.29, 0.717) is 24.8 Å². The van der Waals surface area contributed by atoms with Crippen LogP contribution in [0.1, 0.15) is 43.2 Å². The van der Waals surface area contributed by atoms with Crippen LogP contribution in [0.15, 0.2) is 24.3 Å². The number of benzene rings is 1. The van der Waals surface area contributed by atoms with E-state index >= 15 is 0 Å². The lowest BCUT2D eigenvalue weighted by atomic mass is 9.98. The fraction of sp³-hybridized carbons (Fsp3) is 0.526. The second-order valence-electron chi connectivity index (χ2n) is 7.22. The molecule has 0 aromatic heterocycles. The Morgan fingerprint density at radius 2 is 1.79 bits per heavy atom. The quantitative estimate of drug-likeness (QED) is 0.725. The summed E-state index contributed by atoms with van der Waals surface area (Å²) in [4.78, 5) is 37.6. The van der Waals surface area contributed by atoms with E-state index in [0.717, 1.165) is 29.9 Å². The Bertz CT molecular complexity index is 756. The standard InChI is InChI=1S/C19H22F3N3O3/c20-19(21,22)14-5-3-13(4-6-14)7-11-23-15(26)8-12-25-16(27)18(24-17(25)28)9-1-2-10-18/h3-6H,1-2,7-12H2,(H,23,26)(H,24,28). The summed E-state index contributed by atoms with van der Waals surface area (Å²) in [5, 5.41) is 5.42. The van der Waals surface area contributed by atoms with Crippen molar-refractivity contribution in [3.05, 3.63) is 35.4 Å². The van der Waals surface area contributed by atoms with Crippen LogP contribution in [-0.2, 0) is 22.2 Å². The third-order valence-electron chi connectivity index (χ3n) is 5.28. The summed E-state index contributed by atoms with van der Waals surface area (Å²) in [7, 11) is 0. The molecule has 0 atom stereocenters. The lowest BCUT2D eigenvalue weighted by molar-refractivity contribution is -0.137. The fourth-order valence-electron chi connectivity index (χ4n) is 3.71. The Morgan fingerprint density at radius 3 is 2.39 bits per heavy atom. The Labute approximate surface area is 160 Å². The maximum Gasteiger partial charge on any atom is 0.416 e. The number of urea groups is 1. The number of carbonyl (C=O) groups excluding carboxylic acids is 3. The molecular formula is C19H22F3N3O3. The minimum atomic E-state index is -4.37. The van der Waals surface area contributed by atoms with Gasteiger partial charge in [-0.3, -0.25) is 14.5 Å². The van der Waals surface area contributed by atoms with Crippen LogP contribution in [0.5, 0.6) is 0 Å². The summed E-state index contributed by atoms with van der Waals surface area (Å²) in [6.45, 7) is 0.271. The number of nitrogens with zero attached hydrogens (tertiary/aromatic N) is 1. The zero-order chi connectivity index (χ0) is 20.4. The molecule has 9 heteroatoms. The second kappa shape index (κ2) is 7.81. The van der Waals surface area contributed by atoms with Gasteiger partial charge in [-0.15, -0.1) is 0 Å². The molecule has 1 saturated heterocycles. The van der Waals surface area contributed by atoms with Gasteiger partial charge in [0.2, 0.25) is 5.91 Å². The molecular weight excluding hydrogens is 375 g/mol. The van der Waals surface area contributed by atoms with Crippen LogP contribution in [0, 0.1) is 0 Å². The van der Waals surface area contributed by atoms with Crippen LogP contribution < -0.4 is 10.6 Å². The average Bonchev–Trinajstić information content (AvgIpc) is 3.19. The molecule has 4 amide bonds. The van der Waals surface area contributed by atoms with Gasteiger partial charge in [-0.05, 0) is 37.0 Å². The predicted octanol–water partition coefficient (Wildman–Crippen LogP) is 2.62. The van der Waals surface area contributed by atoms with Crippen molar-refractivity contribution in [3.63, 3.8) is 0 Å². The SMILES string of the molecule is O=C(CCN1C(=O)NC2(CCCC2)C1=O)NCCc1ccc(C(F)(F)F)cc1. The van der Waals surface area contributed by atoms with Crippen molar-refractivity contribution in [2.45, 2.75) is 50.2 Å². The molecule has 0 radical (unpaired) electrons. The maximum atomic E-state index is 12.5. The van der Waals surface area contributed by atoms with Gasteiger partial charge in [-0.1, -0.05) is 25.0 Å². The van der Waals surface area contributed by atoms with Crippen molar-refractivity contribution in [1.29, 1.82) is 0 Å². The summed E-state index contributed by atoms with van der Waals surface area (Å²) in [6, 6.07) is 4.32. The fourth-order valence-corrected chi connectivity index (χ4v) is 3.71. The molecule has 0 unspecified atom stereocenters. The molecule has 1 aliphatic carbocycles. The second-order valence-corrected chi connectivity index (χ2v) is 7.22. The van der Waals surface area contributed by atoms with Gasteiger partial charge in [0.15, 0.2) is 0 Å². The van der Waals surface area contributed by atoms with E-state index in [1.165, 1.54) is 12.1 Å². The van der Waals surface area contributed by atoms with Crippen LogP contribution in [0.4, 0.5) is 18.0 Å². The van der Waals surface area contributed by atoms with Gasteiger partial charge >= 0.3 is 12.2 Å². The summed E-state index contributed by atoms with van der Waals surface area (Å²) < 4.78 is 37.6. The van der Waals surface area contributed by atoms with Gasteiger partial charge in [-0.25, -0.2) is 4.79 Å². The number of rotatable bonds is 6. The van der Waals surface area contributed by atoms with Crippen molar-refractivity contribution < 1.29 is 27.6 Å². The smallest absolute Gasteiger partial charge is 0.356 e. The third kappa shape index (κ3) is 4.28. The van der Waals surface area contributed by atoms with Crippen molar-refractivity contribution in [2.24, 2.45) is 0 Å². The zero-order valence-electron chi connectivity index (χ0n) is 15.3. The Balaban J connectivity index is 1.41. The molecule has 1 aromatic rings. The summed E-state index contributed by atoms with van der Waals surface area (Å²) in [5.74, 6) is -0.576. The lowest BCUT2D eigenvalue weighted by Gasteiger charge is -2.19. The van der Waals surface area contributed by atoms with Gasteiger partial charge in [0, 0.05) is 19.5 Å². The molecule has 1 spiro atoms. The van der Waals surface area contributed by atoms with E-state index in [-0.39, 0.29) is 31.3 Å². The highest BCUT2D eigenvalue weighted by molar-refractivity contribution is 6.07. The van der Waals surface area contributed by atoms with Gasteiger partial charge in [0.25, 0.3) is 5.91 Å². The van der Waals surface area contributed by atoms with E-state index in [4.69, 9.17) is 0 Å². The number of imide groups is 1. The maximum absolute atomic E-state index is 12.5. The largest absolute Gasteiger partial charge is 0.416 e. The van der Waals surface area contributed by atoms with Gasteiger partial charge in [0.05, 0.1) is 5.56 Å². The van der Waals surface area contributed by atoms with E-state index < -0.39 is 23.3 Å². The number of amides is 4. The number of carbonyl (C=O) groups is 3. The summed E-state index contributed by atoms with van der Waals surface area (Å²) in [6.07, 6.45) is -0.948. The number of halogens is 3.